The van der Waals surface area contributed by atoms with Gasteiger partial charge in [0, 0.05) is 0 Å². The van der Waals surface area contributed by atoms with Crippen LogP contribution < -0.4 is 4.74 Å². The smallest absolute Gasteiger partial charge is 0.123 e. The second-order valence-corrected chi connectivity index (χ2v) is 3.43. The molecule has 0 aromatic heterocycles. The van der Waals surface area contributed by atoms with Gasteiger partial charge in [-0.1, -0.05) is 13.0 Å². The van der Waals surface area contributed by atoms with Crippen molar-refractivity contribution < 1.29 is 4.74 Å². The molecule has 0 aliphatic heterocycles. The van der Waals surface area contributed by atoms with E-state index in [1.54, 1.807) is 12.1 Å². The standard InChI is InChI=1S/C12H15NO/c1-4-10(3)14-12-7-11(8-13)6-5-9(12)2/h5-7,10H,4H2,1-3H3. The SMILES string of the molecule is CCC(C)Oc1cc(C#N)ccc1C. The summed E-state index contributed by atoms with van der Waals surface area (Å²) < 4.78 is 5.69. The summed E-state index contributed by atoms with van der Waals surface area (Å²) in [5, 5.41) is 8.74. The number of hydrogen-bond donors (Lipinski definition) is 0. The molecule has 0 aliphatic carbocycles. The number of hydrogen-bond acceptors (Lipinski definition) is 2. The van der Waals surface area contributed by atoms with E-state index in [-0.39, 0.29) is 6.10 Å². The summed E-state index contributed by atoms with van der Waals surface area (Å²) in [6.07, 6.45) is 1.17. The van der Waals surface area contributed by atoms with Crippen LogP contribution in [0.5, 0.6) is 5.75 Å². The zero-order valence-electron chi connectivity index (χ0n) is 8.87. The number of rotatable bonds is 3. The fourth-order valence-corrected chi connectivity index (χ4v) is 1.10. The van der Waals surface area contributed by atoms with Crippen LogP contribution in [0.2, 0.25) is 0 Å². The summed E-state index contributed by atoms with van der Waals surface area (Å²) in [4.78, 5) is 0. The zero-order valence-corrected chi connectivity index (χ0v) is 8.87. The van der Waals surface area contributed by atoms with Gasteiger partial charge in [-0.3, -0.25) is 0 Å². The quantitative estimate of drug-likeness (QED) is 0.732. The molecule has 1 atom stereocenters. The monoisotopic (exact) mass is 189 g/mol. The van der Waals surface area contributed by atoms with Crippen LogP contribution in [0.3, 0.4) is 0 Å². The van der Waals surface area contributed by atoms with Crippen molar-refractivity contribution in [3.8, 4) is 11.8 Å². The Morgan fingerprint density at radius 1 is 1.50 bits per heavy atom. The van der Waals surface area contributed by atoms with Crippen LogP contribution in [-0.4, -0.2) is 6.10 Å². The minimum absolute atomic E-state index is 0.197. The van der Waals surface area contributed by atoms with Gasteiger partial charge >= 0.3 is 0 Å². The van der Waals surface area contributed by atoms with Crippen LogP contribution in [0.15, 0.2) is 18.2 Å². The number of nitrogens with zero attached hydrogens (tertiary/aromatic N) is 1. The molecule has 0 bridgehead atoms. The lowest BCUT2D eigenvalue weighted by Gasteiger charge is -2.14. The van der Waals surface area contributed by atoms with Crippen molar-refractivity contribution in [2.24, 2.45) is 0 Å². The number of ether oxygens (including phenoxy) is 1. The molecule has 0 saturated carbocycles. The first-order valence-corrected chi connectivity index (χ1v) is 4.84. The third-order valence-corrected chi connectivity index (χ3v) is 2.22. The lowest BCUT2D eigenvalue weighted by Crippen LogP contribution is -2.10. The Hall–Kier alpha value is -1.49. The predicted octanol–water partition coefficient (Wildman–Crippen LogP) is 3.04. The lowest BCUT2D eigenvalue weighted by atomic mass is 10.1. The lowest BCUT2D eigenvalue weighted by molar-refractivity contribution is 0.216. The van der Waals surface area contributed by atoms with Crippen LogP contribution in [0, 0.1) is 18.3 Å². The maximum absolute atomic E-state index is 8.74. The molecule has 0 N–H and O–H groups in total. The molecule has 1 aromatic rings. The third kappa shape index (κ3) is 2.50. The summed E-state index contributed by atoms with van der Waals surface area (Å²) in [7, 11) is 0. The molecule has 1 rings (SSSR count). The Balaban J connectivity index is 2.90. The van der Waals surface area contributed by atoms with Gasteiger partial charge in [-0.2, -0.15) is 5.26 Å². The highest BCUT2D eigenvalue weighted by Gasteiger charge is 2.05. The Labute approximate surface area is 85.1 Å². The molecule has 0 fully saturated rings. The van der Waals surface area contributed by atoms with Gasteiger partial charge in [-0.25, -0.2) is 0 Å². The topological polar surface area (TPSA) is 33.0 Å². The van der Waals surface area contributed by atoms with Gasteiger partial charge in [0.15, 0.2) is 0 Å². The molecule has 1 aromatic carbocycles. The summed E-state index contributed by atoms with van der Waals surface area (Å²) in [5.74, 6) is 0.818. The van der Waals surface area contributed by atoms with E-state index in [0.717, 1.165) is 17.7 Å². The van der Waals surface area contributed by atoms with E-state index in [2.05, 4.69) is 13.0 Å². The number of benzene rings is 1. The normalized spacial score (nSPS) is 11.9. The number of nitriles is 1. The van der Waals surface area contributed by atoms with Gasteiger partial charge in [0.1, 0.15) is 5.75 Å². The Kier molecular flexibility index (Phi) is 3.53. The summed E-state index contributed by atoms with van der Waals surface area (Å²) in [6, 6.07) is 7.62. The van der Waals surface area contributed by atoms with Crippen molar-refractivity contribution in [3.05, 3.63) is 29.3 Å². The van der Waals surface area contributed by atoms with Crippen LogP contribution in [-0.2, 0) is 0 Å². The van der Waals surface area contributed by atoms with Gasteiger partial charge < -0.3 is 4.74 Å². The molecule has 0 amide bonds. The van der Waals surface area contributed by atoms with Gasteiger partial charge in [0.25, 0.3) is 0 Å². The van der Waals surface area contributed by atoms with Gasteiger partial charge in [0.2, 0.25) is 0 Å². The average Bonchev–Trinajstić information content (AvgIpc) is 2.21. The van der Waals surface area contributed by atoms with Crippen molar-refractivity contribution in [3.63, 3.8) is 0 Å². The Morgan fingerprint density at radius 2 is 2.21 bits per heavy atom. The predicted molar refractivity (Wildman–Crippen MR) is 56.3 cm³/mol. The van der Waals surface area contributed by atoms with Crippen molar-refractivity contribution >= 4 is 0 Å². The van der Waals surface area contributed by atoms with Gasteiger partial charge in [0.05, 0.1) is 17.7 Å². The first-order valence-electron chi connectivity index (χ1n) is 4.84. The molecular weight excluding hydrogens is 174 g/mol. The van der Waals surface area contributed by atoms with Crippen LogP contribution >= 0.6 is 0 Å². The van der Waals surface area contributed by atoms with Crippen LogP contribution in [0.25, 0.3) is 0 Å². The molecule has 0 heterocycles. The summed E-state index contributed by atoms with van der Waals surface area (Å²) in [6.45, 7) is 6.09. The third-order valence-electron chi connectivity index (χ3n) is 2.22. The molecule has 0 spiro atoms. The molecule has 74 valence electrons. The van der Waals surface area contributed by atoms with Crippen molar-refractivity contribution in [2.75, 3.05) is 0 Å². The molecule has 1 unspecified atom stereocenters. The van der Waals surface area contributed by atoms with E-state index in [1.165, 1.54) is 0 Å². The minimum atomic E-state index is 0.197. The average molecular weight is 189 g/mol. The van der Waals surface area contributed by atoms with Gasteiger partial charge in [-0.15, -0.1) is 0 Å². The zero-order chi connectivity index (χ0) is 10.6. The molecule has 0 saturated heterocycles. The highest BCUT2D eigenvalue weighted by molar-refractivity contribution is 5.41. The Morgan fingerprint density at radius 3 is 2.79 bits per heavy atom. The maximum Gasteiger partial charge on any atom is 0.123 e. The molecule has 2 heteroatoms. The van der Waals surface area contributed by atoms with E-state index in [1.807, 2.05) is 19.9 Å². The highest BCUT2D eigenvalue weighted by atomic mass is 16.5. The van der Waals surface area contributed by atoms with Crippen LogP contribution in [0.1, 0.15) is 31.4 Å². The fraction of sp³-hybridized carbons (Fsp3) is 0.417. The second kappa shape index (κ2) is 4.66. The van der Waals surface area contributed by atoms with E-state index < -0.39 is 0 Å². The fourth-order valence-electron chi connectivity index (χ4n) is 1.10. The molecule has 14 heavy (non-hydrogen) atoms. The van der Waals surface area contributed by atoms with E-state index in [4.69, 9.17) is 10.00 Å². The van der Waals surface area contributed by atoms with E-state index in [9.17, 15) is 0 Å². The highest BCUT2D eigenvalue weighted by Crippen LogP contribution is 2.20. The first-order chi connectivity index (χ1) is 6.67. The van der Waals surface area contributed by atoms with E-state index >= 15 is 0 Å². The van der Waals surface area contributed by atoms with Crippen molar-refractivity contribution in [1.29, 1.82) is 5.26 Å². The van der Waals surface area contributed by atoms with Gasteiger partial charge in [-0.05, 0) is 38.0 Å². The second-order valence-electron chi connectivity index (χ2n) is 3.43. The van der Waals surface area contributed by atoms with E-state index in [0.29, 0.717) is 5.56 Å². The minimum Gasteiger partial charge on any atom is -0.490 e. The van der Waals surface area contributed by atoms with Crippen molar-refractivity contribution in [1.82, 2.24) is 0 Å². The molecule has 0 aliphatic rings. The first kappa shape index (κ1) is 10.6. The molecular formula is C12H15NO. The maximum atomic E-state index is 8.74. The molecule has 0 radical (unpaired) electrons. The largest absolute Gasteiger partial charge is 0.490 e. The molecule has 2 nitrogen and oxygen atoms in total. The summed E-state index contributed by atoms with van der Waals surface area (Å²) >= 11 is 0. The van der Waals surface area contributed by atoms with Crippen LogP contribution in [0.4, 0.5) is 0 Å². The van der Waals surface area contributed by atoms with Crippen molar-refractivity contribution in [2.45, 2.75) is 33.3 Å². The Bertz CT molecular complexity index is 352. The summed E-state index contributed by atoms with van der Waals surface area (Å²) in [5.41, 5.74) is 1.72. The number of aryl methyl sites for hydroxylation is 1.